The van der Waals surface area contributed by atoms with Gasteiger partial charge in [0.15, 0.2) is 15.6 Å². The number of rotatable bonds is 4. The SMILES string of the molecule is O=C(c1ccc(Br)o1)N(Cc1ccccc1)c1nc2c(Cl)cccc2s1. The van der Waals surface area contributed by atoms with Gasteiger partial charge in [-0.15, -0.1) is 0 Å². The predicted molar refractivity (Wildman–Crippen MR) is 108 cm³/mol. The number of hydrogen-bond donors (Lipinski definition) is 0. The first-order valence-electron chi connectivity index (χ1n) is 7.78. The second-order valence-electron chi connectivity index (χ2n) is 5.56. The topological polar surface area (TPSA) is 46.3 Å². The minimum atomic E-state index is -0.255. The normalized spacial score (nSPS) is 11.0. The highest BCUT2D eigenvalue weighted by Crippen LogP contribution is 2.34. The van der Waals surface area contributed by atoms with Crippen molar-refractivity contribution in [2.45, 2.75) is 6.54 Å². The van der Waals surface area contributed by atoms with E-state index in [0.717, 1.165) is 10.3 Å². The van der Waals surface area contributed by atoms with Crippen LogP contribution in [0.1, 0.15) is 16.1 Å². The van der Waals surface area contributed by atoms with Crippen molar-refractivity contribution in [1.29, 1.82) is 0 Å². The van der Waals surface area contributed by atoms with E-state index in [1.165, 1.54) is 11.3 Å². The van der Waals surface area contributed by atoms with Crippen LogP contribution in [-0.2, 0) is 6.54 Å². The second kappa shape index (κ2) is 7.23. The Hall–Kier alpha value is -2.15. The lowest BCUT2D eigenvalue weighted by atomic mass is 10.2. The van der Waals surface area contributed by atoms with Crippen LogP contribution in [0.5, 0.6) is 0 Å². The molecular weight excluding hydrogens is 436 g/mol. The van der Waals surface area contributed by atoms with Gasteiger partial charge in [-0.3, -0.25) is 9.69 Å². The van der Waals surface area contributed by atoms with Crippen LogP contribution in [0.4, 0.5) is 5.13 Å². The number of nitrogens with zero attached hydrogens (tertiary/aromatic N) is 2. The first-order chi connectivity index (χ1) is 12.6. The molecule has 2 aromatic heterocycles. The van der Waals surface area contributed by atoms with Crippen LogP contribution in [-0.4, -0.2) is 10.9 Å². The fraction of sp³-hybridized carbons (Fsp3) is 0.0526. The number of carbonyl (C=O) groups is 1. The Kier molecular flexibility index (Phi) is 4.80. The summed E-state index contributed by atoms with van der Waals surface area (Å²) in [5.74, 6) is -0.00658. The number of fused-ring (bicyclic) bond motifs is 1. The third-order valence-electron chi connectivity index (χ3n) is 3.80. The number of anilines is 1. The summed E-state index contributed by atoms with van der Waals surface area (Å²) >= 11 is 10.9. The van der Waals surface area contributed by atoms with Gasteiger partial charge in [0, 0.05) is 0 Å². The molecule has 26 heavy (non-hydrogen) atoms. The van der Waals surface area contributed by atoms with Gasteiger partial charge in [0.1, 0.15) is 5.52 Å². The lowest BCUT2D eigenvalue weighted by Crippen LogP contribution is -2.30. The molecule has 2 heterocycles. The first kappa shape index (κ1) is 17.3. The Bertz CT molecular complexity index is 1080. The highest BCUT2D eigenvalue weighted by molar-refractivity contribution is 9.10. The van der Waals surface area contributed by atoms with Gasteiger partial charge < -0.3 is 4.42 Å². The van der Waals surface area contributed by atoms with Gasteiger partial charge in [0.05, 0.1) is 16.3 Å². The fourth-order valence-corrected chi connectivity index (χ4v) is 4.14. The van der Waals surface area contributed by atoms with Crippen molar-refractivity contribution in [3.05, 3.63) is 81.7 Å². The van der Waals surface area contributed by atoms with Crippen LogP contribution in [0.2, 0.25) is 5.02 Å². The van der Waals surface area contributed by atoms with Crippen molar-refractivity contribution < 1.29 is 9.21 Å². The molecule has 0 aliphatic heterocycles. The lowest BCUT2D eigenvalue weighted by molar-refractivity contribution is 0.0957. The number of para-hydroxylation sites is 1. The van der Waals surface area contributed by atoms with Crippen molar-refractivity contribution in [2.24, 2.45) is 0 Å². The Balaban J connectivity index is 1.78. The number of aromatic nitrogens is 1. The maximum Gasteiger partial charge on any atom is 0.296 e. The summed E-state index contributed by atoms with van der Waals surface area (Å²) in [5, 5.41) is 1.15. The second-order valence-corrected chi connectivity index (χ2v) is 7.76. The summed E-state index contributed by atoms with van der Waals surface area (Å²) in [4.78, 5) is 19.3. The molecule has 0 atom stereocenters. The van der Waals surface area contributed by atoms with Gasteiger partial charge in [-0.05, 0) is 45.8 Å². The molecule has 0 aliphatic rings. The summed E-state index contributed by atoms with van der Waals surface area (Å²) in [6.45, 7) is 0.384. The number of halogens is 2. The molecule has 0 saturated heterocycles. The molecule has 0 fully saturated rings. The average molecular weight is 448 g/mol. The molecule has 0 unspecified atom stereocenters. The van der Waals surface area contributed by atoms with E-state index in [9.17, 15) is 4.79 Å². The molecule has 4 aromatic rings. The summed E-state index contributed by atoms with van der Waals surface area (Å²) in [5.41, 5.74) is 1.69. The number of amides is 1. The van der Waals surface area contributed by atoms with E-state index in [2.05, 4.69) is 20.9 Å². The highest BCUT2D eigenvalue weighted by Gasteiger charge is 2.24. The van der Waals surface area contributed by atoms with Crippen molar-refractivity contribution >= 4 is 60.1 Å². The number of furan rings is 1. The molecule has 130 valence electrons. The molecule has 1 amide bonds. The summed E-state index contributed by atoms with van der Waals surface area (Å²) in [6.07, 6.45) is 0. The summed E-state index contributed by atoms with van der Waals surface area (Å²) in [7, 11) is 0. The van der Waals surface area contributed by atoms with Gasteiger partial charge in [-0.1, -0.05) is 59.3 Å². The van der Waals surface area contributed by atoms with Crippen LogP contribution in [0.15, 0.2) is 69.8 Å². The first-order valence-corrected chi connectivity index (χ1v) is 9.77. The van der Waals surface area contributed by atoms with Gasteiger partial charge in [-0.2, -0.15) is 0 Å². The zero-order chi connectivity index (χ0) is 18.1. The molecule has 7 heteroatoms. The largest absolute Gasteiger partial charge is 0.444 e. The van der Waals surface area contributed by atoms with E-state index < -0.39 is 0 Å². The van der Waals surface area contributed by atoms with Crippen LogP contribution in [0, 0.1) is 0 Å². The molecule has 0 saturated carbocycles. The van der Waals surface area contributed by atoms with Crippen LogP contribution in [0.3, 0.4) is 0 Å². The molecule has 0 radical (unpaired) electrons. The maximum absolute atomic E-state index is 13.1. The van der Waals surface area contributed by atoms with Crippen molar-refractivity contribution in [1.82, 2.24) is 4.98 Å². The Labute approximate surface area is 167 Å². The molecule has 0 spiro atoms. The van der Waals surface area contributed by atoms with E-state index in [4.69, 9.17) is 16.0 Å². The average Bonchev–Trinajstić information content (AvgIpc) is 3.27. The number of hydrogen-bond acceptors (Lipinski definition) is 4. The lowest BCUT2D eigenvalue weighted by Gasteiger charge is -2.18. The van der Waals surface area contributed by atoms with Gasteiger partial charge in [-0.25, -0.2) is 4.98 Å². The predicted octanol–water partition coefficient (Wildman–Crippen LogP) is 6.15. The Morgan fingerprint density at radius 3 is 2.62 bits per heavy atom. The van der Waals surface area contributed by atoms with Gasteiger partial charge in [0.25, 0.3) is 5.91 Å². The quantitative estimate of drug-likeness (QED) is 0.377. The molecule has 0 bridgehead atoms. The van der Waals surface area contributed by atoms with Crippen molar-refractivity contribution in [3.8, 4) is 0 Å². The number of benzene rings is 2. The minimum Gasteiger partial charge on any atom is -0.444 e. The molecule has 4 nitrogen and oxygen atoms in total. The monoisotopic (exact) mass is 446 g/mol. The van der Waals surface area contributed by atoms with E-state index >= 15 is 0 Å². The third-order valence-corrected chi connectivity index (χ3v) is 5.58. The maximum atomic E-state index is 13.1. The van der Waals surface area contributed by atoms with Crippen LogP contribution >= 0.6 is 38.9 Å². The highest BCUT2D eigenvalue weighted by atomic mass is 79.9. The Morgan fingerprint density at radius 1 is 1.12 bits per heavy atom. The minimum absolute atomic E-state index is 0.248. The zero-order valence-electron chi connectivity index (χ0n) is 13.4. The number of thiazole rings is 1. The number of carbonyl (C=O) groups excluding carboxylic acids is 1. The van der Waals surface area contributed by atoms with Crippen molar-refractivity contribution in [2.75, 3.05) is 4.90 Å². The molecular formula is C19H12BrClN2O2S. The molecule has 4 rings (SSSR count). The molecule has 0 aliphatic carbocycles. The summed E-state index contributed by atoms with van der Waals surface area (Å²) in [6, 6.07) is 18.7. The van der Waals surface area contributed by atoms with Gasteiger partial charge in [0.2, 0.25) is 0 Å². The molecule has 2 aromatic carbocycles. The van der Waals surface area contributed by atoms with Crippen LogP contribution < -0.4 is 4.90 Å². The van der Waals surface area contributed by atoms with Crippen LogP contribution in [0.25, 0.3) is 10.2 Å². The van der Waals surface area contributed by atoms with Crippen molar-refractivity contribution in [3.63, 3.8) is 0 Å². The fourth-order valence-electron chi connectivity index (χ4n) is 2.57. The van der Waals surface area contributed by atoms with E-state index in [1.807, 2.05) is 42.5 Å². The van der Waals surface area contributed by atoms with E-state index in [0.29, 0.717) is 26.9 Å². The van der Waals surface area contributed by atoms with E-state index in [1.54, 1.807) is 23.1 Å². The Morgan fingerprint density at radius 2 is 1.92 bits per heavy atom. The van der Waals surface area contributed by atoms with Gasteiger partial charge >= 0.3 is 0 Å². The van der Waals surface area contributed by atoms with E-state index in [-0.39, 0.29) is 11.7 Å². The summed E-state index contributed by atoms with van der Waals surface area (Å²) < 4.78 is 6.90. The standard InChI is InChI=1S/C19H12BrClN2O2S/c20-16-10-9-14(25-16)18(24)23(11-12-5-2-1-3-6-12)19-22-17-13(21)7-4-8-15(17)26-19/h1-10H,11H2. The smallest absolute Gasteiger partial charge is 0.296 e. The zero-order valence-corrected chi connectivity index (χ0v) is 16.5. The third kappa shape index (κ3) is 3.40. The molecule has 0 N–H and O–H groups in total.